The molecular formula is C20H31N3O2. The highest BCUT2D eigenvalue weighted by Crippen LogP contribution is 2.28. The molecule has 1 aromatic rings. The zero-order chi connectivity index (χ0) is 18.4. The van der Waals surface area contributed by atoms with Crippen molar-refractivity contribution in [3.8, 4) is 0 Å². The second kappa shape index (κ2) is 8.99. The van der Waals surface area contributed by atoms with Gasteiger partial charge in [0.25, 0.3) is 0 Å². The molecule has 1 aliphatic rings. The van der Waals surface area contributed by atoms with Crippen molar-refractivity contribution in [3.05, 3.63) is 35.4 Å². The summed E-state index contributed by atoms with van der Waals surface area (Å²) < 4.78 is 0. The van der Waals surface area contributed by atoms with Crippen molar-refractivity contribution in [1.29, 1.82) is 0 Å². The summed E-state index contributed by atoms with van der Waals surface area (Å²) in [5, 5.41) is 2.81. The predicted octanol–water partition coefficient (Wildman–Crippen LogP) is 2.01. The Balaban J connectivity index is 1.85. The maximum atomic E-state index is 12.3. The molecule has 2 rings (SSSR count). The molecule has 1 unspecified atom stereocenters. The first kappa shape index (κ1) is 19.4. The molecule has 0 aromatic heterocycles. The van der Waals surface area contributed by atoms with Gasteiger partial charge in [0.15, 0.2) is 0 Å². The van der Waals surface area contributed by atoms with Gasteiger partial charge in [-0.15, -0.1) is 0 Å². The lowest BCUT2D eigenvalue weighted by molar-refractivity contribution is -0.134. The molecular weight excluding hydrogens is 314 g/mol. The SMILES string of the molecule is Cc1ccc(C(CC(=O)NCC(=O)N2CCN(C)CC2)C(C)C)cc1. The van der Waals surface area contributed by atoms with Gasteiger partial charge in [-0.25, -0.2) is 0 Å². The van der Waals surface area contributed by atoms with Crippen LogP contribution in [0.2, 0.25) is 0 Å². The van der Waals surface area contributed by atoms with Gasteiger partial charge in [-0.1, -0.05) is 43.7 Å². The van der Waals surface area contributed by atoms with Gasteiger partial charge in [0, 0.05) is 32.6 Å². The molecule has 25 heavy (non-hydrogen) atoms. The van der Waals surface area contributed by atoms with Crippen LogP contribution in [0.5, 0.6) is 0 Å². The number of rotatable bonds is 6. The van der Waals surface area contributed by atoms with Gasteiger partial charge in [0.05, 0.1) is 6.54 Å². The number of likely N-dealkylation sites (N-methyl/N-ethyl adjacent to an activating group) is 1. The monoisotopic (exact) mass is 345 g/mol. The quantitative estimate of drug-likeness (QED) is 0.858. The summed E-state index contributed by atoms with van der Waals surface area (Å²) in [6.45, 7) is 9.68. The Labute approximate surface area is 151 Å². The Kier molecular flexibility index (Phi) is 7.00. The van der Waals surface area contributed by atoms with E-state index >= 15 is 0 Å². The van der Waals surface area contributed by atoms with E-state index in [-0.39, 0.29) is 24.3 Å². The number of nitrogens with zero attached hydrogens (tertiary/aromatic N) is 2. The normalized spacial score (nSPS) is 16.8. The number of piperazine rings is 1. The molecule has 0 radical (unpaired) electrons. The smallest absolute Gasteiger partial charge is 0.242 e. The van der Waals surface area contributed by atoms with Crippen LogP contribution < -0.4 is 5.32 Å². The average Bonchev–Trinajstić information content (AvgIpc) is 2.59. The Morgan fingerprint density at radius 1 is 1.08 bits per heavy atom. The van der Waals surface area contributed by atoms with E-state index in [9.17, 15) is 9.59 Å². The zero-order valence-electron chi connectivity index (χ0n) is 15.9. The van der Waals surface area contributed by atoms with Gasteiger partial charge in [-0.05, 0) is 31.4 Å². The van der Waals surface area contributed by atoms with Gasteiger partial charge in [0.2, 0.25) is 11.8 Å². The Morgan fingerprint density at radius 3 is 2.24 bits per heavy atom. The van der Waals surface area contributed by atoms with Crippen LogP contribution in [0.25, 0.3) is 0 Å². The highest BCUT2D eigenvalue weighted by molar-refractivity contribution is 5.85. The van der Waals surface area contributed by atoms with E-state index in [0.29, 0.717) is 12.3 Å². The number of hydrogen-bond donors (Lipinski definition) is 1. The van der Waals surface area contributed by atoms with Crippen molar-refractivity contribution in [3.63, 3.8) is 0 Å². The first-order valence-electron chi connectivity index (χ1n) is 9.16. The molecule has 5 heteroatoms. The lowest BCUT2D eigenvalue weighted by atomic mass is 9.85. The summed E-state index contributed by atoms with van der Waals surface area (Å²) in [5.41, 5.74) is 2.40. The lowest BCUT2D eigenvalue weighted by Gasteiger charge is -2.32. The van der Waals surface area contributed by atoms with E-state index in [1.54, 1.807) is 0 Å². The molecule has 138 valence electrons. The summed E-state index contributed by atoms with van der Waals surface area (Å²) in [6.07, 6.45) is 0.413. The largest absolute Gasteiger partial charge is 0.347 e. The third kappa shape index (κ3) is 5.85. The van der Waals surface area contributed by atoms with E-state index in [1.807, 2.05) is 4.90 Å². The number of nitrogens with one attached hydrogen (secondary N) is 1. The number of hydrogen-bond acceptors (Lipinski definition) is 3. The topological polar surface area (TPSA) is 52.7 Å². The number of carbonyl (C=O) groups excluding carboxylic acids is 2. The minimum absolute atomic E-state index is 0.0119. The summed E-state index contributed by atoms with van der Waals surface area (Å²) in [6, 6.07) is 8.37. The van der Waals surface area contributed by atoms with Crippen molar-refractivity contribution in [2.75, 3.05) is 39.8 Å². The highest BCUT2D eigenvalue weighted by Gasteiger charge is 2.22. The van der Waals surface area contributed by atoms with Gasteiger partial charge in [-0.3, -0.25) is 9.59 Å². The molecule has 1 aliphatic heterocycles. The van der Waals surface area contributed by atoms with Crippen molar-refractivity contribution in [1.82, 2.24) is 15.1 Å². The maximum Gasteiger partial charge on any atom is 0.242 e. The lowest BCUT2D eigenvalue weighted by Crippen LogP contribution is -2.50. The van der Waals surface area contributed by atoms with Crippen LogP contribution in [-0.2, 0) is 9.59 Å². The summed E-state index contributed by atoms with van der Waals surface area (Å²) in [5.74, 6) is 0.487. The van der Waals surface area contributed by atoms with Crippen molar-refractivity contribution in [2.24, 2.45) is 5.92 Å². The molecule has 1 saturated heterocycles. The van der Waals surface area contributed by atoms with Crippen LogP contribution in [0.4, 0.5) is 0 Å². The van der Waals surface area contributed by atoms with E-state index < -0.39 is 0 Å². The summed E-state index contributed by atoms with van der Waals surface area (Å²) >= 11 is 0. The predicted molar refractivity (Wildman–Crippen MR) is 100 cm³/mol. The first-order chi connectivity index (χ1) is 11.9. The fourth-order valence-electron chi connectivity index (χ4n) is 3.17. The first-order valence-corrected chi connectivity index (χ1v) is 9.16. The van der Waals surface area contributed by atoms with Gasteiger partial charge in [0.1, 0.15) is 0 Å². The van der Waals surface area contributed by atoms with Crippen LogP contribution in [0.1, 0.15) is 37.3 Å². The third-order valence-corrected chi connectivity index (χ3v) is 5.01. The second-order valence-corrected chi connectivity index (χ2v) is 7.43. The van der Waals surface area contributed by atoms with Crippen molar-refractivity contribution >= 4 is 11.8 Å². The number of carbonyl (C=O) groups is 2. The van der Waals surface area contributed by atoms with Crippen molar-refractivity contribution in [2.45, 2.75) is 33.1 Å². The maximum absolute atomic E-state index is 12.3. The van der Waals surface area contributed by atoms with Gasteiger partial charge < -0.3 is 15.1 Å². The minimum atomic E-state index is -0.0539. The van der Waals surface area contributed by atoms with Crippen LogP contribution in [0, 0.1) is 12.8 Å². The summed E-state index contributed by atoms with van der Waals surface area (Å²) in [7, 11) is 2.06. The molecule has 1 atom stereocenters. The molecule has 0 saturated carbocycles. The molecule has 1 N–H and O–H groups in total. The standard InChI is InChI=1S/C20H31N3O2/c1-15(2)18(17-7-5-16(3)6-8-17)13-19(24)21-14-20(25)23-11-9-22(4)10-12-23/h5-8,15,18H,9-14H2,1-4H3,(H,21,24). The minimum Gasteiger partial charge on any atom is -0.347 e. The fourth-order valence-corrected chi connectivity index (χ4v) is 3.17. The average molecular weight is 345 g/mol. The molecule has 0 spiro atoms. The number of amides is 2. The fraction of sp³-hybridized carbons (Fsp3) is 0.600. The molecule has 1 aromatic carbocycles. The highest BCUT2D eigenvalue weighted by atomic mass is 16.2. The molecule has 0 bridgehead atoms. The Hall–Kier alpha value is -1.88. The number of aryl methyl sites for hydroxylation is 1. The molecule has 2 amide bonds. The van der Waals surface area contributed by atoms with E-state index in [4.69, 9.17) is 0 Å². The molecule has 1 fully saturated rings. The zero-order valence-corrected chi connectivity index (χ0v) is 15.9. The van der Waals surface area contributed by atoms with Crippen LogP contribution in [-0.4, -0.2) is 61.4 Å². The van der Waals surface area contributed by atoms with Gasteiger partial charge in [-0.2, -0.15) is 0 Å². The molecule has 1 heterocycles. The third-order valence-electron chi connectivity index (χ3n) is 5.01. The Morgan fingerprint density at radius 2 is 1.68 bits per heavy atom. The molecule has 5 nitrogen and oxygen atoms in total. The van der Waals surface area contributed by atoms with Crippen LogP contribution in [0.3, 0.4) is 0 Å². The number of benzene rings is 1. The van der Waals surface area contributed by atoms with E-state index in [1.165, 1.54) is 11.1 Å². The summed E-state index contributed by atoms with van der Waals surface area (Å²) in [4.78, 5) is 28.6. The van der Waals surface area contributed by atoms with E-state index in [0.717, 1.165) is 26.2 Å². The second-order valence-electron chi connectivity index (χ2n) is 7.43. The van der Waals surface area contributed by atoms with Crippen molar-refractivity contribution < 1.29 is 9.59 Å². The van der Waals surface area contributed by atoms with E-state index in [2.05, 4.69) is 62.3 Å². The van der Waals surface area contributed by atoms with Crippen LogP contribution in [0.15, 0.2) is 24.3 Å². The Bertz CT molecular complexity index is 575. The molecule has 0 aliphatic carbocycles. The van der Waals surface area contributed by atoms with Gasteiger partial charge >= 0.3 is 0 Å². The van der Waals surface area contributed by atoms with Crippen LogP contribution >= 0.6 is 0 Å².